The van der Waals surface area contributed by atoms with Crippen LogP contribution in [0.5, 0.6) is 0 Å². The molecule has 0 aliphatic carbocycles. The molecule has 0 saturated carbocycles. The van der Waals surface area contributed by atoms with Gasteiger partial charge in [0.2, 0.25) is 0 Å². The second-order valence-electron chi connectivity index (χ2n) is 7.46. The van der Waals surface area contributed by atoms with Crippen molar-refractivity contribution in [3.05, 3.63) is 128 Å². The summed E-state index contributed by atoms with van der Waals surface area (Å²) in [5.74, 6) is 0. The highest BCUT2D eigenvalue weighted by molar-refractivity contribution is 5.92. The first-order valence-electron chi connectivity index (χ1n) is 10.8. The molecule has 0 spiro atoms. The van der Waals surface area contributed by atoms with Crippen LogP contribution < -0.4 is 10.6 Å². The molecule has 0 fully saturated rings. The number of anilines is 4. The quantitative estimate of drug-likeness (QED) is 0.161. The Kier molecular flexibility index (Phi) is 7.37. The van der Waals surface area contributed by atoms with Gasteiger partial charge in [-0.25, -0.2) is 0 Å². The third kappa shape index (κ3) is 5.75. The molecule has 36 heavy (non-hydrogen) atoms. The number of nitrogens with zero attached hydrogens (tertiary/aromatic N) is 4. The Morgan fingerprint density at radius 1 is 0.528 bits per heavy atom. The van der Waals surface area contributed by atoms with Crippen LogP contribution in [0.3, 0.4) is 0 Å². The van der Waals surface area contributed by atoms with E-state index >= 15 is 0 Å². The first kappa shape index (κ1) is 23.8. The van der Waals surface area contributed by atoms with Crippen LogP contribution in [-0.2, 0) is 0 Å². The van der Waals surface area contributed by atoms with Gasteiger partial charge in [-0.2, -0.15) is 10.2 Å². The van der Waals surface area contributed by atoms with Crippen molar-refractivity contribution in [2.24, 2.45) is 10.2 Å². The van der Waals surface area contributed by atoms with E-state index in [0.29, 0.717) is 33.9 Å². The molecule has 4 aromatic rings. The predicted octanol–water partition coefficient (Wildman–Crippen LogP) is 6.44. The van der Waals surface area contributed by atoms with E-state index in [-0.39, 0.29) is 11.4 Å². The van der Waals surface area contributed by atoms with Gasteiger partial charge in [0.1, 0.15) is 11.4 Å². The monoisotopic (exact) mass is 480 g/mol. The lowest BCUT2D eigenvalue weighted by atomic mass is 10.1. The van der Waals surface area contributed by atoms with Crippen molar-refractivity contribution in [2.75, 3.05) is 10.6 Å². The number of para-hydroxylation sites is 6. The van der Waals surface area contributed by atoms with Crippen molar-refractivity contribution < 1.29 is 9.85 Å². The summed E-state index contributed by atoms with van der Waals surface area (Å²) in [5.41, 5.74) is 3.27. The molecular formula is C26H20N6O4. The lowest BCUT2D eigenvalue weighted by Crippen LogP contribution is -1.99. The Morgan fingerprint density at radius 3 is 1.25 bits per heavy atom. The minimum atomic E-state index is -0.446. The second-order valence-corrected chi connectivity index (χ2v) is 7.46. The lowest BCUT2D eigenvalue weighted by molar-refractivity contribution is -0.384. The van der Waals surface area contributed by atoms with E-state index in [4.69, 9.17) is 0 Å². The summed E-state index contributed by atoms with van der Waals surface area (Å²) in [5, 5.41) is 37.1. The fraction of sp³-hybridized carbons (Fsp3) is 0. The van der Waals surface area contributed by atoms with Crippen LogP contribution in [0, 0.1) is 20.2 Å². The zero-order valence-electron chi connectivity index (χ0n) is 18.8. The summed E-state index contributed by atoms with van der Waals surface area (Å²) in [7, 11) is 0. The van der Waals surface area contributed by atoms with E-state index in [2.05, 4.69) is 20.8 Å². The van der Waals surface area contributed by atoms with Gasteiger partial charge < -0.3 is 10.6 Å². The van der Waals surface area contributed by atoms with Gasteiger partial charge in [0.15, 0.2) is 0 Å². The maximum Gasteiger partial charge on any atom is 0.292 e. The zero-order valence-corrected chi connectivity index (χ0v) is 18.8. The van der Waals surface area contributed by atoms with Crippen molar-refractivity contribution in [3.63, 3.8) is 0 Å². The molecule has 0 heterocycles. The molecule has 0 aliphatic rings. The third-order valence-corrected chi connectivity index (χ3v) is 5.12. The Balaban J connectivity index is 1.53. The summed E-state index contributed by atoms with van der Waals surface area (Å²) < 4.78 is 0. The smallest absolute Gasteiger partial charge is 0.292 e. The van der Waals surface area contributed by atoms with E-state index in [1.54, 1.807) is 60.7 Å². The number of hydrogen-bond donors (Lipinski definition) is 2. The molecule has 0 aromatic heterocycles. The van der Waals surface area contributed by atoms with Crippen LogP contribution in [0.15, 0.2) is 107 Å². The van der Waals surface area contributed by atoms with Gasteiger partial charge in [-0.3, -0.25) is 20.2 Å². The van der Waals surface area contributed by atoms with Crippen LogP contribution >= 0.6 is 0 Å². The first-order valence-corrected chi connectivity index (χ1v) is 10.8. The molecule has 4 rings (SSSR count). The average Bonchev–Trinajstić information content (AvgIpc) is 2.89. The number of hydrogen-bond acceptors (Lipinski definition) is 8. The highest BCUT2D eigenvalue weighted by Crippen LogP contribution is 2.29. The molecule has 0 aliphatic heterocycles. The first-order chi connectivity index (χ1) is 17.5. The Morgan fingerprint density at radius 2 is 0.861 bits per heavy atom. The number of rotatable bonds is 9. The Hall–Kier alpha value is -5.38. The molecule has 4 aromatic carbocycles. The van der Waals surface area contributed by atoms with Gasteiger partial charge in [0.05, 0.1) is 22.3 Å². The largest absolute Gasteiger partial charge is 0.349 e. The van der Waals surface area contributed by atoms with Crippen molar-refractivity contribution in [1.82, 2.24) is 0 Å². The second kappa shape index (κ2) is 11.2. The minimum Gasteiger partial charge on any atom is -0.349 e. The normalized spacial score (nSPS) is 11.0. The molecule has 178 valence electrons. The molecule has 0 saturated heterocycles. The Labute approximate surface area is 205 Å². The third-order valence-electron chi connectivity index (χ3n) is 5.12. The molecule has 0 unspecified atom stereocenters. The highest BCUT2D eigenvalue weighted by Gasteiger charge is 2.14. The van der Waals surface area contributed by atoms with Gasteiger partial charge in [0, 0.05) is 34.6 Å². The van der Waals surface area contributed by atoms with E-state index in [0.717, 1.165) is 0 Å². The summed E-state index contributed by atoms with van der Waals surface area (Å²) in [6.45, 7) is 0. The molecule has 10 heteroatoms. The molecule has 0 atom stereocenters. The number of nitrogens with one attached hydrogen (secondary N) is 2. The van der Waals surface area contributed by atoms with Crippen molar-refractivity contribution in [3.8, 4) is 0 Å². The summed E-state index contributed by atoms with van der Waals surface area (Å²) in [6.07, 6.45) is 3.07. The maximum atomic E-state index is 11.3. The van der Waals surface area contributed by atoms with Gasteiger partial charge >= 0.3 is 0 Å². The highest BCUT2D eigenvalue weighted by atomic mass is 16.6. The number of nitro benzene ring substituents is 2. The van der Waals surface area contributed by atoms with Crippen LogP contribution in [0.2, 0.25) is 0 Å². The zero-order chi connectivity index (χ0) is 25.3. The van der Waals surface area contributed by atoms with E-state index in [9.17, 15) is 20.2 Å². The van der Waals surface area contributed by atoms with E-state index in [1.165, 1.54) is 24.6 Å². The minimum absolute atomic E-state index is 0.0370. The SMILES string of the molecule is O=[N+]([O-])c1ccccc1Nc1ccccc1/C=N/N=C/c1ccccc1Nc1ccccc1[N+](=O)[O-]. The molecule has 10 nitrogen and oxygen atoms in total. The number of benzene rings is 4. The van der Waals surface area contributed by atoms with Crippen molar-refractivity contribution >= 4 is 46.6 Å². The van der Waals surface area contributed by atoms with Gasteiger partial charge in [0.25, 0.3) is 11.4 Å². The lowest BCUT2D eigenvalue weighted by Gasteiger charge is -2.09. The van der Waals surface area contributed by atoms with Gasteiger partial charge in [-0.15, -0.1) is 0 Å². The van der Waals surface area contributed by atoms with E-state index in [1.807, 2.05) is 24.3 Å². The molecule has 0 bridgehead atoms. The number of nitro groups is 2. The van der Waals surface area contributed by atoms with Crippen molar-refractivity contribution in [2.45, 2.75) is 0 Å². The van der Waals surface area contributed by atoms with Crippen LogP contribution in [0.1, 0.15) is 11.1 Å². The fourth-order valence-corrected chi connectivity index (χ4v) is 3.41. The summed E-state index contributed by atoms with van der Waals surface area (Å²) in [6, 6.07) is 27.2. The molecule has 0 radical (unpaired) electrons. The van der Waals surface area contributed by atoms with Gasteiger partial charge in [-0.05, 0) is 24.3 Å². The summed E-state index contributed by atoms with van der Waals surface area (Å²) in [4.78, 5) is 21.7. The molecule has 2 N–H and O–H groups in total. The van der Waals surface area contributed by atoms with Crippen LogP contribution in [0.4, 0.5) is 34.1 Å². The maximum absolute atomic E-state index is 11.3. The predicted molar refractivity (Wildman–Crippen MR) is 141 cm³/mol. The molecular weight excluding hydrogens is 460 g/mol. The fourth-order valence-electron chi connectivity index (χ4n) is 3.41. The topological polar surface area (TPSA) is 135 Å². The van der Waals surface area contributed by atoms with Crippen molar-refractivity contribution in [1.29, 1.82) is 0 Å². The van der Waals surface area contributed by atoms with E-state index < -0.39 is 9.85 Å². The average molecular weight is 480 g/mol. The van der Waals surface area contributed by atoms with Gasteiger partial charge in [-0.1, -0.05) is 60.7 Å². The van der Waals surface area contributed by atoms with Crippen LogP contribution in [-0.4, -0.2) is 22.3 Å². The Bertz CT molecular complexity index is 1360. The standard InChI is InChI=1S/C26H20N6O4/c33-31(34)25-15-7-5-13-23(25)29-21-11-3-1-9-19(21)17-27-28-18-20-10-2-4-12-22(20)30-24-14-6-8-16-26(24)32(35)36/h1-18,29-30H/b27-17+,28-18+. The molecule has 0 amide bonds. The van der Waals surface area contributed by atoms with Crippen LogP contribution in [0.25, 0.3) is 0 Å². The summed E-state index contributed by atoms with van der Waals surface area (Å²) >= 11 is 0.